The number of hydrogen-bond acceptors (Lipinski definition) is 6. The number of carbonyl (C=O) groups is 1. The van der Waals surface area contributed by atoms with E-state index in [4.69, 9.17) is 25.4 Å². The quantitative estimate of drug-likeness (QED) is 0.381. The highest BCUT2D eigenvalue weighted by Gasteiger charge is 1.96. The molecule has 116 valence electrons. The number of amides is 1. The zero-order valence-electron chi connectivity index (χ0n) is 11.9. The molecule has 0 heterocycles. The number of ether oxygens (including phenoxy) is 5. The van der Waals surface area contributed by atoms with E-state index >= 15 is 0 Å². The summed E-state index contributed by atoms with van der Waals surface area (Å²) in [5.74, 6) is 2.37. The summed E-state index contributed by atoms with van der Waals surface area (Å²) in [5.41, 5.74) is 0. The van der Waals surface area contributed by atoms with Crippen molar-refractivity contribution in [2.75, 3.05) is 66.5 Å². The van der Waals surface area contributed by atoms with Gasteiger partial charge in [-0.05, 0) is 0 Å². The molecule has 0 aliphatic rings. The SMILES string of the molecule is C#CCOCCOCCOCCOCCNC(=O)OC. The van der Waals surface area contributed by atoms with Gasteiger partial charge in [0.15, 0.2) is 0 Å². The van der Waals surface area contributed by atoms with E-state index in [2.05, 4.69) is 16.0 Å². The van der Waals surface area contributed by atoms with Crippen molar-refractivity contribution in [3.05, 3.63) is 0 Å². The van der Waals surface area contributed by atoms with Gasteiger partial charge in [-0.2, -0.15) is 0 Å². The molecular formula is C13H23NO6. The third-order valence-corrected chi connectivity index (χ3v) is 2.00. The first-order chi connectivity index (χ1) is 9.81. The molecule has 0 bridgehead atoms. The minimum atomic E-state index is -0.465. The van der Waals surface area contributed by atoms with Crippen LogP contribution in [-0.2, 0) is 23.7 Å². The minimum absolute atomic E-state index is 0.308. The van der Waals surface area contributed by atoms with Gasteiger partial charge in [-0.15, -0.1) is 6.42 Å². The van der Waals surface area contributed by atoms with Gasteiger partial charge < -0.3 is 29.0 Å². The van der Waals surface area contributed by atoms with E-state index in [1.165, 1.54) is 7.11 Å². The Bertz CT molecular complexity index is 266. The molecule has 0 aliphatic carbocycles. The lowest BCUT2D eigenvalue weighted by Crippen LogP contribution is -2.27. The van der Waals surface area contributed by atoms with E-state index in [-0.39, 0.29) is 0 Å². The molecule has 1 amide bonds. The highest BCUT2D eigenvalue weighted by molar-refractivity contribution is 5.66. The fourth-order valence-electron chi connectivity index (χ4n) is 1.09. The maximum atomic E-state index is 10.7. The molecule has 0 unspecified atom stereocenters. The van der Waals surface area contributed by atoms with Crippen LogP contribution in [-0.4, -0.2) is 72.6 Å². The second kappa shape index (κ2) is 15.7. The van der Waals surface area contributed by atoms with Crippen molar-refractivity contribution in [1.82, 2.24) is 5.32 Å². The Morgan fingerprint density at radius 2 is 1.45 bits per heavy atom. The first-order valence-corrected chi connectivity index (χ1v) is 6.37. The van der Waals surface area contributed by atoms with Crippen molar-refractivity contribution < 1.29 is 28.5 Å². The predicted octanol–water partition coefficient (Wildman–Crippen LogP) is 0.0420. The maximum Gasteiger partial charge on any atom is 0.406 e. The number of terminal acetylenes is 1. The second-order valence-corrected chi connectivity index (χ2v) is 3.51. The van der Waals surface area contributed by atoms with Crippen molar-refractivity contribution in [3.63, 3.8) is 0 Å². The van der Waals surface area contributed by atoms with Crippen LogP contribution in [0.1, 0.15) is 0 Å². The van der Waals surface area contributed by atoms with E-state index < -0.39 is 6.09 Å². The molecule has 7 heteroatoms. The third kappa shape index (κ3) is 14.7. The summed E-state index contributed by atoms with van der Waals surface area (Å²) in [5, 5.41) is 2.50. The van der Waals surface area contributed by atoms with Crippen LogP contribution in [0.15, 0.2) is 0 Å². The lowest BCUT2D eigenvalue weighted by atomic mass is 10.6. The zero-order chi connectivity index (χ0) is 14.9. The molecule has 0 spiro atoms. The van der Waals surface area contributed by atoms with Gasteiger partial charge >= 0.3 is 6.09 Å². The van der Waals surface area contributed by atoms with Crippen LogP contribution in [0.5, 0.6) is 0 Å². The first-order valence-electron chi connectivity index (χ1n) is 6.37. The van der Waals surface area contributed by atoms with Crippen LogP contribution >= 0.6 is 0 Å². The van der Waals surface area contributed by atoms with Gasteiger partial charge in [-0.3, -0.25) is 0 Å². The Morgan fingerprint density at radius 3 is 1.95 bits per heavy atom. The van der Waals surface area contributed by atoms with Gasteiger partial charge in [0.05, 0.1) is 53.4 Å². The lowest BCUT2D eigenvalue weighted by molar-refractivity contribution is 0.00174. The molecule has 0 aromatic heterocycles. The zero-order valence-corrected chi connectivity index (χ0v) is 11.9. The fraction of sp³-hybridized carbons (Fsp3) is 0.769. The molecule has 7 nitrogen and oxygen atoms in total. The van der Waals surface area contributed by atoms with Crippen LogP contribution < -0.4 is 5.32 Å². The van der Waals surface area contributed by atoms with E-state index in [1.54, 1.807) is 0 Å². The Balaban J connectivity index is 2.99. The van der Waals surface area contributed by atoms with Gasteiger partial charge in [-0.25, -0.2) is 4.79 Å². The van der Waals surface area contributed by atoms with Crippen molar-refractivity contribution in [1.29, 1.82) is 0 Å². The maximum absolute atomic E-state index is 10.7. The molecule has 0 atom stereocenters. The number of methoxy groups -OCH3 is 1. The minimum Gasteiger partial charge on any atom is -0.453 e. The first kappa shape index (κ1) is 18.7. The lowest BCUT2D eigenvalue weighted by Gasteiger charge is -2.07. The molecular weight excluding hydrogens is 266 g/mol. The number of hydrogen-bond donors (Lipinski definition) is 1. The van der Waals surface area contributed by atoms with Crippen molar-refractivity contribution in [2.24, 2.45) is 0 Å². The molecule has 0 radical (unpaired) electrons. The summed E-state index contributed by atoms with van der Waals surface area (Å²) in [7, 11) is 1.31. The molecule has 0 rings (SSSR count). The van der Waals surface area contributed by atoms with Crippen molar-refractivity contribution in [3.8, 4) is 12.3 Å². The monoisotopic (exact) mass is 289 g/mol. The van der Waals surface area contributed by atoms with Crippen molar-refractivity contribution in [2.45, 2.75) is 0 Å². The van der Waals surface area contributed by atoms with Crippen LogP contribution in [0.3, 0.4) is 0 Å². The number of nitrogens with one attached hydrogen (secondary N) is 1. The summed E-state index contributed by atoms with van der Waals surface area (Å²) >= 11 is 0. The van der Waals surface area contributed by atoms with Gasteiger partial charge in [0.1, 0.15) is 6.61 Å². The summed E-state index contributed by atoms with van der Waals surface area (Å²) in [6.45, 7) is 4.07. The highest BCUT2D eigenvalue weighted by atomic mass is 16.6. The second-order valence-electron chi connectivity index (χ2n) is 3.51. The summed E-state index contributed by atoms with van der Waals surface area (Å²) in [6, 6.07) is 0. The smallest absolute Gasteiger partial charge is 0.406 e. The molecule has 20 heavy (non-hydrogen) atoms. The molecule has 0 aromatic carbocycles. The topological polar surface area (TPSA) is 75.3 Å². The van der Waals surface area contributed by atoms with Crippen LogP contribution in [0.4, 0.5) is 4.79 Å². The van der Waals surface area contributed by atoms with E-state index in [1.807, 2.05) is 0 Å². The molecule has 0 saturated heterocycles. The Morgan fingerprint density at radius 1 is 0.950 bits per heavy atom. The molecule has 0 aromatic rings. The standard InChI is InChI=1S/C13H23NO6/c1-3-5-17-7-9-19-11-12-20-10-8-18-6-4-14-13(15)16-2/h1H,4-12H2,2H3,(H,14,15). The van der Waals surface area contributed by atoms with Gasteiger partial charge in [-0.1, -0.05) is 5.92 Å². The van der Waals surface area contributed by atoms with Gasteiger partial charge in [0, 0.05) is 6.54 Å². The Labute approximate surface area is 119 Å². The number of rotatable bonds is 13. The summed E-state index contributed by atoms with van der Waals surface area (Å²) in [4.78, 5) is 10.7. The van der Waals surface area contributed by atoms with E-state index in [0.29, 0.717) is 59.4 Å². The van der Waals surface area contributed by atoms with E-state index in [0.717, 1.165) is 0 Å². The van der Waals surface area contributed by atoms with E-state index in [9.17, 15) is 4.79 Å². The van der Waals surface area contributed by atoms with Crippen LogP contribution in [0, 0.1) is 12.3 Å². The average molecular weight is 289 g/mol. The highest BCUT2D eigenvalue weighted by Crippen LogP contribution is 1.82. The fourth-order valence-corrected chi connectivity index (χ4v) is 1.09. The molecule has 0 saturated carbocycles. The summed E-state index contributed by atoms with van der Waals surface area (Å²) in [6.07, 6.45) is 4.55. The largest absolute Gasteiger partial charge is 0.453 e. The van der Waals surface area contributed by atoms with Crippen LogP contribution in [0.2, 0.25) is 0 Å². The average Bonchev–Trinajstić information content (AvgIpc) is 2.47. The van der Waals surface area contributed by atoms with Crippen LogP contribution in [0.25, 0.3) is 0 Å². The van der Waals surface area contributed by atoms with Gasteiger partial charge in [0.2, 0.25) is 0 Å². The predicted molar refractivity (Wildman–Crippen MR) is 72.5 cm³/mol. The molecule has 1 N–H and O–H groups in total. The number of carbonyl (C=O) groups excluding carboxylic acids is 1. The molecule has 0 fully saturated rings. The molecule has 0 aliphatic heterocycles. The Kier molecular flexibility index (Phi) is 14.7. The number of alkyl carbamates (subject to hydrolysis) is 1. The van der Waals surface area contributed by atoms with Gasteiger partial charge in [0.25, 0.3) is 0 Å². The van der Waals surface area contributed by atoms with Crippen molar-refractivity contribution >= 4 is 6.09 Å². The summed E-state index contributed by atoms with van der Waals surface area (Å²) < 4.78 is 25.2. The normalized spacial score (nSPS) is 10.0. The third-order valence-electron chi connectivity index (χ3n) is 2.00. The Hall–Kier alpha value is -1.33.